The minimum absolute atomic E-state index is 0.0424. The molecule has 0 unspecified atom stereocenters. The number of nitrogens with one attached hydrogen (secondary N) is 1. The van der Waals surface area contributed by atoms with E-state index in [0.29, 0.717) is 43.0 Å². The lowest BCUT2D eigenvalue weighted by atomic mass is 9.84. The van der Waals surface area contributed by atoms with Crippen molar-refractivity contribution >= 4 is 38.9 Å². The van der Waals surface area contributed by atoms with Crippen LogP contribution in [0, 0.1) is 5.41 Å². The highest BCUT2D eigenvalue weighted by atomic mass is 32.2. The van der Waals surface area contributed by atoms with Crippen LogP contribution in [0.15, 0.2) is 57.8 Å². The van der Waals surface area contributed by atoms with Crippen LogP contribution in [0.25, 0.3) is 0 Å². The van der Waals surface area contributed by atoms with E-state index in [0.717, 1.165) is 18.8 Å². The van der Waals surface area contributed by atoms with Crippen LogP contribution < -0.4 is 10.2 Å². The summed E-state index contributed by atoms with van der Waals surface area (Å²) >= 11 is 0. The van der Waals surface area contributed by atoms with Gasteiger partial charge in [-0.1, -0.05) is 26.0 Å². The van der Waals surface area contributed by atoms with Crippen molar-refractivity contribution in [3.8, 4) is 0 Å². The Bertz CT molecular complexity index is 1230. The molecule has 0 aromatic heterocycles. The number of fused-ring (bicyclic) bond motifs is 1. The van der Waals surface area contributed by atoms with Crippen molar-refractivity contribution in [3.63, 3.8) is 0 Å². The van der Waals surface area contributed by atoms with Crippen LogP contribution in [-0.4, -0.2) is 57.0 Å². The normalized spacial score (nSPS) is 17.4. The molecule has 0 atom stereocenters. The molecule has 1 saturated heterocycles. The van der Waals surface area contributed by atoms with E-state index in [1.54, 1.807) is 25.1 Å². The van der Waals surface area contributed by atoms with Crippen molar-refractivity contribution in [2.75, 3.05) is 36.4 Å². The summed E-state index contributed by atoms with van der Waals surface area (Å²) in [5.41, 5.74) is 1.78. The maximum absolute atomic E-state index is 13.0. The summed E-state index contributed by atoms with van der Waals surface area (Å²) in [6.07, 6.45) is 0.636. The Balaban J connectivity index is 1.34. The number of hydrogen-bond donors (Lipinski definition) is 1. The third-order valence-electron chi connectivity index (χ3n) is 6.22. The van der Waals surface area contributed by atoms with E-state index < -0.39 is 15.4 Å². The van der Waals surface area contributed by atoms with Gasteiger partial charge in [0.05, 0.1) is 5.69 Å². The second-order valence-corrected chi connectivity index (χ2v) is 11.2. The molecule has 0 saturated carbocycles. The van der Waals surface area contributed by atoms with Gasteiger partial charge in [0.15, 0.2) is 5.78 Å². The smallest absolute Gasteiger partial charge is 0.286 e. The minimum Gasteiger partial charge on any atom is -0.368 e. The predicted octanol–water partition coefficient (Wildman–Crippen LogP) is 3.56. The summed E-state index contributed by atoms with van der Waals surface area (Å²) in [5, 5.41) is 3.11. The summed E-state index contributed by atoms with van der Waals surface area (Å²) in [5.74, 6) is 0.451. The van der Waals surface area contributed by atoms with Gasteiger partial charge in [0.2, 0.25) is 5.91 Å². The van der Waals surface area contributed by atoms with Gasteiger partial charge in [-0.2, -0.15) is 8.42 Å². The third-order valence-corrected chi connectivity index (χ3v) is 7.59. The van der Waals surface area contributed by atoms with Crippen molar-refractivity contribution in [2.24, 2.45) is 9.81 Å². The number of amides is 1. The molecule has 1 N–H and O–H groups in total. The van der Waals surface area contributed by atoms with Crippen LogP contribution in [-0.2, 0) is 14.8 Å². The Hall–Kier alpha value is -3.20. The van der Waals surface area contributed by atoms with E-state index in [1.165, 1.54) is 6.07 Å². The number of amidine groups is 1. The van der Waals surface area contributed by atoms with Crippen LogP contribution in [0.1, 0.15) is 44.0 Å². The molecule has 2 aromatic rings. The molecule has 8 nitrogen and oxygen atoms in total. The van der Waals surface area contributed by atoms with E-state index >= 15 is 0 Å². The minimum atomic E-state index is -3.75. The maximum Gasteiger partial charge on any atom is 0.286 e. The highest BCUT2D eigenvalue weighted by Crippen LogP contribution is 2.32. The zero-order valence-electron chi connectivity index (χ0n) is 19.7. The summed E-state index contributed by atoms with van der Waals surface area (Å²) < 4.78 is 29.0. The first kappa shape index (κ1) is 23.9. The largest absolute Gasteiger partial charge is 0.368 e. The van der Waals surface area contributed by atoms with E-state index in [-0.39, 0.29) is 16.6 Å². The lowest BCUT2D eigenvalue weighted by Crippen LogP contribution is -2.49. The van der Waals surface area contributed by atoms with Gasteiger partial charge in [-0.05, 0) is 48.7 Å². The van der Waals surface area contributed by atoms with Crippen molar-refractivity contribution in [2.45, 2.75) is 38.5 Å². The summed E-state index contributed by atoms with van der Waals surface area (Å²) in [6.45, 7) is 8.12. The fourth-order valence-corrected chi connectivity index (χ4v) is 5.55. The molecule has 0 bridgehead atoms. The molecule has 9 heteroatoms. The Labute approximate surface area is 200 Å². The number of carbonyl (C=O) groups excluding carboxylic acids is 2. The number of nitrogens with zero attached hydrogens (tertiary/aromatic N) is 3. The average Bonchev–Trinajstić information content (AvgIpc) is 2.78. The molecular formula is C25H30N4O4S. The second kappa shape index (κ2) is 9.21. The topological polar surface area (TPSA) is 99.2 Å². The number of sulfonamides is 1. The highest BCUT2D eigenvalue weighted by Gasteiger charge is 2.32. The Morgan fingerprint density at radius 1 is 1.00 bits per heavy atom. The molecule has 2 aliphatic heterocycles. The maximum atomic E-state index is 13.0. The van der Waals surface area contributed by atoms with E-state index in [2.05, 4.69) is 14.6 Å². The van der Waals surface area contributed by atoms with Crippen molar-refractivity contribution in [3.05, 3.63) is 54.1 Å². The second-order valence-electron chi connectivity index (χ2n) is 9.62. The van der Waals surface area contributed by atoms with Crippen LogP contribution in [0.3, 0.4) is 0 Å². The molecule has 2 heterocycles. The van der Waals surface area contributed by atoms with Crippen LogP contribution >= 0.6 is 0 Å². The number of rotatable bonds is 6. The van der Waals surface area contributed by atoms with Gasteiger partial charge in [-0.3, -0.25) is 9.59 Å². The van der Waals surface area contributed by atoms with Crippen molar-refractivity contribution in [1.82, 2.24) is 4.90 Å². The fourth-order valence-electron chi connectivity index (χ4n) is 4.40. The fraction of sp³-hybridized carbons (Fsp3) is 0.400. The average molecular weight is 483 g/mol. The van der Waals surface area contributed by atoms with Gasteiger partial charge in [-0.15, -0.1) is 4.40 Å². The zero-order chi connectivity index (χ0) is 24.5. The van der Waals surface area contributed by atoms with E-state index in [1.807, 2.05) is 43.0 Å². The van der Waals surface area contributed by atoms with E-state index in [4.69, 9.17) is 0 Å². The molecule has 34 heavy (non-hydrogen) atoms. The zero-order valence-corrected chi connectivity index (χ0v) is 20.6. The molecular weight excluding hydrogens is 452 g/mol. The lowest BCUT2D eigenvalue weighted by Gasteiger charge is -2.37. The summed E-state index contributed by atoms with van der Waals surface area (Å²) in [6, 6.07) is 14.2. The summed E-state index contributed by atoms with van der Waals surface area (Å²) in [7, 11) is -3.75. The molecule has 0 radical (unpaired) electrons. The van der Waals surface area contributed by atoms with Gasteiger partial charge < -0.3 is 15.1 Å². The van der Waals surface area contributed by atoms with Gasteiger partial charge in [0, 0.05) is 50.3 Å². The molecule has 2 aliphatic rings. The first-order valence-electron chi connectivity index (χ1n) is 11.4. The van der Waals surface area contributed by atoms with Crippen molar-refractivity contribution in [1.29, 1.82) is 0 Å². The number of benzene rings is 2. The van der Waals surface area contributed by atoms with Gasteiger partial charge in [-0.25, -0.2) is 0 Å². The van der Waals surface area contributed by atoms with Gasteiger partial charge >= 0.3 is 0 Å². The molecule has 2 aromatic carbocycles. The quantitative estimate of drug-likeness (QED) is 0.632. The molecule has 1 fully saturated rings. The molecule has 0 aliphatic carbocycles. The van der Waals surface area contributed by atoms with E-state index in [9.17, 15) is 18.0 Å². The first-order valence-corrected chi connectivity index (χ1v) is 12.8. The Morgan fingerprint density at radius 2 is 1.65 bits per heavy atom. The van der Waals surface area contributed by atoms with Crippen LogP contribution in [0.2, 0.25) is 0 Å². The van der Waals surface area contributed by atoms with Gasteiger partial charge in [0.1, 0.15) is 10.7 Å². The standard InChI is InChI=1S/C25H30N4O4S/c1-18(30)19-8-10-20(11-9-19)28-12-14-29(15-13-28)24(31)17-25(2,3)16-23-26-21-6-4-5-7-22(21)34(32,33)27-23/h4-11H,12-17H2,1-3H3,(H,26,27). The number of hydrogen-bond acceptors (Lipinski definition) is 6. The Kier molecular flexibility index (Phi) is 6.49. The lowest BCUT2D eigenvalue weighted by molar-refractivity contribution is -0.133. The van der Waals surface area contributed by atoms with Crippen molar-refractivity contribution < 1.29 is 18.0 Å². The number of para-hydroxylation sites is 1. The molecule has 1 amide bonds. The number of carbonyl (C=O) groups is 2. The van der Waals surface area contributed by atoms with Gasteiger partial charge in [0.25, 0.3) is 10.0 Å². The molecule has 4 rings (SSSR count). The SMILES string of the molecule is CC(=O)c1ccc(N2CCN(C(=O)CC(C)(C)CC3=NS(=O)(=O)c4ccccc4N3)CC2)cc1. The van der Waals surface area contributed by atoms with Crippen LogP contribution in [0.4, 0.5) is 11.4 Å². The number of ketones is 1. The number of anilines is 2. The monoisotopic (exact) mass is 482 g/mol. The van der Waals surface area contributed by atoms with Crippen LogP contribution in [0.5, 0.6) is 0 Å². The summed E-state index contributed by atoms with van der Waals surface area (Å²) in [4.78, 5) is 28.8. The molecule has 180 valence electrons. The predicted molar refractivity (Wildman–Crippen MR) is 133 cm³/mol. The number of Topliss-reactive ketones (excluding diaryl/α,β-unsaturated/α-hetero) is 1. The highest BCUT2D eigenvalue weighted by molar-refractivity contribution is 7.90. The molecule has 0 spiro atoms. The third kappa shape index (κ3) is 5.30. The number of piperazine rings is 1. The Morgan fingerprint density at radius 3 is 2.29 bits per heavy atom. The first-order chi connectivity index (χ1) is 16.0.